The SMILES string of the molecule is CCCC(C)(C)OOc1ccc(N(C)C)cc1. The molecule has 3 heteroatoms. The van der Waals surface area contributed by atoms with Crippen molar-refractivity contribution in [3.05, 3.63) is 24.3 Å². The van der Waals surface area contributed by atoms with E-state index in [4.69, 9.17) is 9.78 Å². The first-order chi connectivity index (χ1) is 7.94. The smallest absolute Gasteiger partial charge is 0.165 e. The highest BCUT2D eigenvalue weighted by Gasteiger charge is 2.19. The Labute approximate surface area is 104 Å². The van der Waals surface area contributed by atoms with Crippen LogP contribution in [0.2, 0.25) is 0 Å². The molecule has 0 spiro atoms. The highest BCUT2D eigenvalue weighted by atomic mass is 17.2. The third-order valence-corrected chi connectivity index (χ3v) is 2.57. The van der Waals surface area contributed by atoms with Gasteiger partial charge in [-0.2, -0.15) is 4.89 Å². The van der Waals surface area contributed by atoms with Crippen LogP contribution in [0, 0.1) is 0 Å². The zero-order valence-corrected chi connectivity index (χ0v) is 11.5. The molecule has 0 aliphatic heterocycles. The van der Waals surface area contributed by atoms with Crippen molar-refractivity contribution in [2.75, 3.05) is 19.0 Å². The van der Waals surface area contributed by atoms with Gasteiger partial charge >= 0.3 is 0 Å². The van der Waals surface area contributed by atoms with E-state index in [2.05, 4.69) is 6.92 Å². The largest absolute Gasteiger partial charge is 0.378 e. The molecule has 0 saturated heterocycles. The van der Waals surface area contributed by atoms with E-state index in [0.717, 1.165) is 24.3 Å². The van der Waals surface area contributed by atoms with E-state index in [0.29, 0.717) is 0 Å². The lowest BCUT2D eigenvalue weighted by Crippen LogP contribution is -2.25. The third-order valence-electron chi connectivity index (χ3n) is 2.57. The van der Waals surface area contributed by atoms with Crippen molar-refractivity contribution in [3.63, 3.8) is 0 Å². The van der Waals surface area contributed by atoms with Crippen LogP contribution in [0.3, 0.4) is 0 Å². The van der Waals surface area contributed by atoms with Crippen molar-refractivity contribution in [1.29, 1.82) is 0 Å². The number of benzene rings is 1. The molecule has 0 aromatic heterocycles. The normalized spacial score (nSPS) is 11.4. The summed E-state index contributed by atoms with van der Waals surface area (Å²) in [5.74, 6) is 0.736. The minimum Gasteiger partial charge on any atom is -0.378 e. The standard InChI is InChI=1S/C14H23NO2/c1-6-11-14(2,3)17-16-13-9-7-12(8-10-13)15(4)5/h7-10H,6,11H2,1-5H3. The molecule has 0 bridgehead atoms. The van der Waals surface area contributed by atoms with Crippen LogP contribution >= 0.6 is 0 Å². The van der Waals surface area contributed by atoms with Gasteiger partial charge in [-0.15, -0.1) is 0 Å². The fraction of sp³-hybridized carbons (Fsp3) is 0.571. The van der Waals surface area contributed by atoms with E-state index in [-0.39, 0.29) is 5.60 Å². The maximum Gasteiger partial charge on any atom is 0.165 e. The van der Waals surface area contributed by atoms with Crippen molar-refractivity contribution in [3.8, 4) is 5.75 Å². The second-order valence-electron chi connectivity index (χ2n) is 5.06. The van der Waals surface area contributed by atoms with Crippen LogP contribution in [-0.4, -0.2) is 19.7 Å². The number of nitrogens with zero attached hydrogens (tertiary/aromatic N) is 1. The molecule has 0 aliphatic carbocycles. The summed E-state index contributed by atoms with van der Waals surface area (Å²) in [7, 11) is 4.02. The fourth-order valence-corrected chi connectivity index (χ4v) is 1.60. The van der Waals surface area contributed by atoms with Gasteiger partial charge in [-0.25, -0.2) is 0 Å². The topological polar surface area (TPSA) is 21.7 Å². The van der Waals surface area contributed by atoms with Crippen LogP contribution in [-0.2, 0) is 4.89 Å². The van der Waals surface area contributed by atoms with Crippen LogP contribution in [0.1, 0.15) is 33.6 Å². The van der Waals surface area contributed by atoms with E-state index >= 15 is 0 Å². The summed E-state index contributed by atoms with van der Waals surface area (Å²) >= 11 is 0. The number of anilines is 1. The zero-order chi connectivity index (χ0) is 12.9. The van der Waals surface area contributed by atoms with Gasteiger partial charge in [0.1, 0.15) is 5.60 Å². The highest BCUT2D eigenvalue weighted by Crippen LogP contribution is 2.21. The molecule has 0 atom stereocenters. The Kier molecular flexibility index (Phi) is 4.82. The average molecular weight is 237 g/mol. The lowest BCUT2D eigenvalue weighted by Gasteiger charge is -2.22. The van der Waals surface area contributed by atoms with Crippen molar-refractivity contribution < 1.29 is 9.78 Å². The first kappa shape index (κ1) is 13.8. The van der Waals surface area contributed by atoms with Crippen molar-refractivity contribution >= 4 is 5.69 Å². The summed E-state index contributed by atoms with van der Waals surface area (Å²) in [5, 5.41) is 0. The van der Waals surface area contributed by atoms with E-state index in [1.54, 1.807) is 0 Å². The van der Waals surface area contributed by atoms with Gasteiger partial charge in [-0.3, -0.25) is 0 Å². The minimum absolute atomic E-state index is 0.241. The lowest BCUT2D eigenvalue weighted by molar-refractivity contribution is -0.282. The molecule has 0 heterocycles. The predicted octanol–water partition coefficient (Wildman–Crippen LogP) is 3.64. The number of rotatable bonds is 6. The quantitative estimate of drug-likeness (QED) is 0.557. The Morgan fingerprint density at radius 1 is 1.12 bits per heavy atom. The minimum atomic E-state index is -0.241. The average Bonchev–Trinajstić information content (AvgIpc) is 2.27. The van der Waals surface area contributed by atoms with Gasteiger partial charge < -0.3 is 9.79 Å². The van der Waals surface area contributed by atoms with Crippen molar-refractivity contribution in [2.45, 2.75) is 39.2 Å². The number of hydrogen-bond donors (Lipinski definition) is 0. The van der Waals surface area contributed by atoms with Gasteiger partial charge in [0.2, 0.25) is 0 Å². The zero-order valence-electron chi connectivity index (χ0n) is 11.5. The van der Waals surface area contributed by atoms with Crippen LogP contribution in [0.15, 0.2) is 24.3 Å². The Morgan fingerprint density at radius 2 is 1.71 bits per heavy atom. The van der Waals surface area contributed by atoms with Crippen LogP contribution in [0.4, 0.5) is 5.69 Å². The van der Waals surface area contributed by atoms with Crippen LogP contribution in [0.25, 0.3) is 0 Å². The van der Waals surface area contributed by atoms with Crippen LogP contribution in [0.5, 0.6) is 5.75 Å². The Bertz CT molecular complexity index is 331. The Morgan fingerprint density at radius 3 is 2.18 bits per heavy atom. The summed E-state index contributed by atoms with van der Waals surface area (Å²) in [6.45, 7) is 6.20. The van der Waals surface area contributed by atoms with Gasteiger partial charge in [0, 0.05) is 19.8 Å². The third kappa shape index (κ3) is 4.65. The van der Waals surface area contributed by atoms with Crippen molar-refractivity contribution in [2.24, 2.45) is 0 Å². The first-order valence-corrected chi connectivity index (χ1v) is 6.07. The molecule has 17 heavy (non-hydrogen) atoms. The maximum absolute atomic E-state index is 5.44. The first-order valence-electron chi connectivity index (χ1n) is 6.07. The monoisotopic (exact) mass is 237 g/mol. The lowest BCUT2D eigenvalue weighted by atomic mass is 10.0. The molecule has 0 saturated carbocycles. The van der Waals surface area contributed by atoms with E-state index in [1.807, 2.05) is 57.1 Å². The molecule has 1 aromatic rings. The second kappa shape index (κ2) is 5.92. The van der Waals surface area contributed by atoms with Crippen LogP contribution < -0.4 is 9.79 Å². The van der Waals surface area contributed by atoms with E-state index < -0.39 is 0 Å². The van der Waals surface area contributed by atoms with Gasteiger partial charge in [-0.05, 0) is 44.5 Å². The molecule has 0 amide bonds. The van der Waals surface area contributed by atoms with Gasteiger partial charge in [0.25, 0.3) is 0 Å². The second-order valence-corrected chi connectivity index (χ2v) is 5.06. The molecule has 0 fully saturated rings. The fourth-order valence-electron chi connectivity index (χ4n) is 1.60. The molecule has 1 aromatic carbocycles. The predicted molar refractivity (Wildman–Crippen MR) is 71.5 cm³/mol. The van der Waals surface area contributed by atoms with Gasteiger partial charge in [-0.1, -0.05) is 13.3 Å². The molecular weight excluding hydrogens is 214 g/mol. The Balaban J connectivity index is 2.52. The molecule has 96 valence electrons. The summed E-state index contributed by atoms with van der Waals surface area (Å²) in [6, 6.07) is 7.84. The highest BCUT2D eigenvalue weighted by molar-refractivity contribution is 5.47. The molecule has 0 N–H and O–H groups in total. The number of hydrogen-bond acceptors (Lipinski definition) is 3. The maximum atomic E-state index is 5.44. The molecule has 0 unspecified atom stereocenters. The summed E-state index contributed by atoms with van der Waals surface area (Å²) in [6.07, 6.45) is 2.05. The molecule has 1 rings (SSSR count). The van der Waals surface area contributed by atoms with Crippen molar-refractivity contribution in [1.82, 2.24) is 0 Å². The molecule has 0 aliphatic rings. The van der Waals surface area contributed by atoms with Gasteiger partial charge in [0.15, 0.2) is 5.75 Å². The summed E-state index contributed by atoms with van der Waals surface area (Å²) in [5.41, 5.74) is 0.903. The molecule has 0 radical (unpaired) electrons. The molecule has 3 nitrogen and oxygen atoms in total. The molecular formula is C14H23NO2. The van der Waals surface area contributed by atoms with E-state index in [9.17, 15) is 0 Å². The van der Waals surface area contributed by atoms with E-state index in [1.165, 1.54) is 0 Å². The summed E-state index contributed by atoms with van der Waals surface area (Å²) in [4.78, 5) is 12.8. The Hall–Kier alpha value is -1.22. The van der Waals surface area contributed by atoms with Gasteiger partial charge in [0.05, 0.1) is 0 Å². The summed E-state index contributed by atoms with van der Waals surface area (Å²) < 4.78 is 0.